The van der Waals surface area contributed by atoms with Crippen molar-refractivity contribution in [3.63, 3.8) is 0 Å². The van der Waals surface area contributed by atoms with Gasteiger partial charge < -0.3 is 14.2 Å². The van der Waals surface area contributed by atoms with Crippen LogP contribution < -0.4 is 0 Å². The Balaban J connectivity index is 4.31. The Morgan fingerprint density at radius 2 is 0.470 bits per heavy atom. The lowest BCUT2D eigenvalue weighted by Gasteiger charge is -2.18. The Kier molecular flexibility index (Phi) is 66.3. The zero-order valence-corrected chi connectivity index (χ0v) is 54.2. The van der Waals surface area contributed by atoms with E-state index >= 15 is 0 Å². The SMILES string of the molecule is CC/C=C\C/C=C\C/C=C\C/C=C\C/C=C\C/C=C\CCCCC(=O)OC(COC(=O)CCCCCCCCCCCCCCC)COC(=O)CCCCCCCCCCCCCCCCC/C=C\C/C=C\C/C=C\C/C=C\C/C=C\CC. The van der Waals surface area contributed by atoms with Crippen molar-refractivity contribution in [3.8, 4) is 0 Å². The highest BCUT2D eigenvalue weighted by atomic mass is 16.6. The normalized spacial score (nSPS) is 13.0. The number of unbranched alkanes of at least 4 members (excludes halogenated alkanes) is 29. The molecule has 0 bridgehead atoms. The Bertz CT molecular complexity index is 1750. The summed E-state index contributed by atoms with van der Waals surface area (Å²) in [6.45, 7) is 6.40. The van der Waals surface area contributed by atoms with Gasteiger partial charge in [0.05, 0.1) is 0 Å². The van der Waals surface area contributed by atoms with Crippen LogP contribution in [-0.2, 0) is 28.6 Å². The van der Waals surface area contributed by atoms with Gasteiger partial charge in [0.25, 0.3) is 0 Å². The van der Waals surface area contributed by atoms with Crippen LogP contribution in [0.15, 0.2) is 134 Å². The summed E-state index contributed by atoms with van der Waals surface area (Å²) in [6, 6.07) is 0. The second-order valence-electron chi connectivity index (χ2n) is 22.7. The Hall–Kier alpha value is -4.45. The van der Waals surface area contributed by atoms with Crippen LogP contribution in [0.3, 0.4) is 0 Å². The van der Waals surface area contributed by atoms with Gasteiger partial charge in [0.15, 0.2) is 6.10 Å². The molecular formula is C77H128O6. The van der Waals surface area contributed by atoms with Gasteiger partial charge in [-0.15, -0.1) is 0 Å². The maximum Gasteiger partial charge on any atom is 0.306 e. The summed E-state index contributed by atoms with van der Waals surface area (Å²) in [7, 11) is 0. The first-order chi connectivity index (χ1) is 41.0. The van der Waals surface area contributed by atoms with Crippen molar-refractivity contribution in [2.24, 2.45) is 0 Å². The zero-order chi connectivity index (χ0) is 59.9. The number of carbonyl (C=O) groups is 3. The van der Waals surface area contributed by atoms with Gasteiger partial charge in [-0.05, 0) is 116 Å². The van der Waals surface area contributed by atoms with Gasteiger partial charge in [-0.2, -0.15) is 0 Å². The molecule has 0 aromatic rings. The monoisotopic (exact) mass is 1150 g/mol. The summed E-state index contributed by atoms with van der Waals surface area (Å²) < 4.78 is 16.9. The fourth-order valence-corrected chi connectivity index (χ4v) is 9.53. The van der Waals surface area contributed by atoms with E-state index in [9.17, 15) is 14.4 Å². The molecule has 0 radical (unpaired) electrons. The fourth-order valence-electron chi connectivity index (χ4n) is 9.53. The van der Waals surface area contributed by atoms with Gasteiger partial charge in [-0.1, -0.05) is 315 Å². The molecule has 0 aliphatic carbocycles. The average molecular weight is 1150 g/mol. The summed E-state index contributed by atoms with van der Waals surface area (Å²) >= 11 is 0. The van der Waals surface area contributed by atoms with E-state index in [0.717, 1.165) is 122 Å². The number of hydrogen-bond acceptors (Lipinski definition) is 6. The van der Waals surface area contributed by atoms with Gasteiger partial charge in [-0.3, -0.25) is 14.4 Å². The minimum Gasteiger partial charge on any atom is -0.462 e. The van der Waals surface area contributed by atoms with E-state index in [1.54, 1.807) is 0 Å². The predicted molar refractivity (Wildman–Crippen MR) is 362 cm³/mol. The lowest BCUT2D eigenvalue weighted by Crippen LogP contribution is -2.30. The lowest BCUT2D eigenvalue weighted by molar-refractivity contribution is -0.167. The van der Waals surface area contributed by atoms with Crippen LogP contribution in [0.2, 0.25) is 0 Å². The number of rotatable bonds is 62. The van der Waals surface area contributed by atoms with Crippen molar-refractivity contribution < 1.29 is 28.6 Å². The zero-order valence-electron chi connectivity index (χ0n) is 54.2. The Morgan fingerprint density at radius 1 is 0.253 bits per heavy atom. The van der Waals surface area contributed by atoms with Crippen LogP contribution in [0.1, 0.15) is 316 Å². The van der Waals surface area contributed by atoms with Crippen molar-refractivity contribution in [1.29, 1.82) is 0 Å². The topological polar surface area (TPSA) is 78.9 Å². The molecule has 0 spiro atoms. The molecule has 0 saturated carbocycles. The van der Waals surface area contributed by atoms with Crippen LogP contribution in [0.5, 0.6) is 0 Å². The summed E-state index contributed by atoms with van der Waals surface area (Å²) in [5, 5.41) is 0. The second-order valence-corrected chi connectivity index (χ2v) is 22.7. The lowest BCUT2D eigenvalue weighted by atomic mass is 10.0. The fraction of sp³-hybridized carbons (Fsp3) is 0.675. The Morgan fingerprint density at radius 3 is 0.759 bits per heavy atom. The Labute approximate surface area is 513 Å². The third kappa shape index (κ3) is 68.2. The predicted octanol–water partition coefficient (Wildman–Crippen LogP) is 24.1. The quantitative estimate of drug-likeness (QED) is 0.0261. The van der Waals surface area contributed by atoms with Gasteiger partial charge >= 0.3 is 17.9 Å². The summed E-state index contributed by atoms with van der Waals surface area (Å²) in [5.74, 6) is -0.930. The first-order valence-corrected chi connectivity index (χ1v) is 34.7. The van der Waals surface area contributed by atoms with E-state index in [0.29, 0.717) is 19.3 Å². The van der Waals surface area contributed by atoms with Crippen molar-refractivity contribution in [3.05, 3.63) is 134 Å². The molecule has 0 aliphatic rings. The molecule has 0 aromatic carbocycles. The standard InChI is InChI=1S/C77H128O6/c1-4-7-10-13-16-19-22-25-27-29-31-33-34-35-36-37-38-39-40-41-42-44-45-47-49-52-55-58-61-64-67-70-76(79)82-73-74(72-81-75(78)69-66-63-60-57-54-51-24-21-18-15-12-9-6-3)83-77(80)71-68-65-62-59-56-53-50-48-46-43-32-30-28-26-23-20-17-14-11-8-5-2/h7-8,10-11,16-17,19-20,25-28,31-33,35-36,43,48,50,56,59,74H,4-6,9,12-15,18,21-24,29-30,34,37-42,44-47,49,51-55,57-58,60-73H2,1-3H3/b10-7-,11-8-,19-16-,20-17-,27-25-,28-26-,33-31-,36-35-,43-32-,50-48-,59-56-. The molecular weight excluding hydrogens is 1020 g/mol. The summed E-state index contributed by atoms with van der Waals surface area (Å²) in [6.07, 6.45) is 99.1. The van der Waals surface area contributed by atoms with Crippen LogP contribution in [0.4, 0.5) is 0 Å². The molecule has 0 aliphatic heterocycles. The molecule has 0 fully saturated rings. The molecule has 0 heterocycles. The third-order valence-electron chi connectivity index (χ3n) is 14.7. The van der Waals surface area contributed by atoms with Gasteiger partial charge in [0.2, 0.25) is 0 Å². The van der Waals surface area contributed by atoms with Gasteiger partial charge in [-0.25, -0.2) is 0 Å². The number of allylic oxidation sites excluding steroid dienone is 22. The third-order valence-corrected chi connectivity index (χ3v) is 14.7. The molecule has 0 rings (SSSR count). The number of ether oxygens (including phenoxy) is 3. The van der Waals surface area contributed by atoms with Crippen LogP contribution in [-0.4, -0.2) is 37.2 Å². The summed E-state index contributed by atoms with van der Waals surface area (Å²) in [4.78, 5) is 38.4. The average Bonchev–Trinajstić information content (AvgIpc) is 3.49. The largest absolute Gasteiger partial charge is 0.462 e. The van der Waals surface area contributed by atoms with Crippen LogP contribution in [0, 0.1) is 0 Å². The van der Waals surface area contributed by atoms with E-state index in [4.69, 9.17) is 14.2 Å². The van der Waals surface area contributed by atoms with Gasteiger partial charge in [0, 0.05) is 19.3 Å². The molecule has 1 unspecified atom stereocenters. The minimum absolute atomic E-state index is 0.0949. The smallest absolute Gasteiger partial charge is 0.306 e. The van der Waals surface area contributed by atoms with E-state index in [1.807, 2.05) is 0 Å². The second kappa shape index (κ2) is 70.0. The molecule has 6 heteroatoms. The van der Waals surface area contributed by atoms with E-state index < -0.39 is 6.10 Å². The van der Waals surface area contributed by atoms with Crippen molar-refractivity contribution in [2.75, 3.05) is 13.2 Å². The van der Waals surface area contributed by atoms with E-state index in [1.165, 1.54) is 148 Å². The van der Waals surface area contributed by atoms with Crippen LogP contribution in [0.25, 0.3) is 0 Å². The maximum atomic E-state index is 12.9. The van der Waals surface area contributed by atoms with E-state index in [2.05, 4.69) is 154 Å². The highest BCUT2D eigenvalue weighted by molar-refractivity contribution is 5.71. The molecule has 83 heavy (non-hydrogen) atoms. The van der Waals surface area contributed by atoms with Crippen LogP contribution >= 0.6 is 0 Å². The molecule has 1 atom stereocenters. The minimum atomic E-state index is -0.804. The highest BCUT2D eigenvalue weighted by Crippen LogP contribution is 2.17. The number of carbonyl (C=O) groups excluding carboxylic acids is 3. The van der Waals surface area contributed by atoms with Crippen molar-refractivity contribution >= 4 is 17.9 Å². The summed E-state index contributed by atoms with van der Waals surface area (Å²) in [5.41, 5.74) is 0. The number of hydrogen-bond donors (Lipinski definition) is 0. The van der Waals surface area contributed by atoms with E-state index in [-0.39, 0.29) is 37.5 Å². The highest BCUT2D eigenvalue weighted by Gasteiger charge is 2.19. The molecule has 0 saturated heterocycles. The molecule has 0 aromatic heterocycles. The maximum absolute atomic E-state index is 12.9. The number of esters is 3. The van der Waals surface area contributed by atoms with Gasteiger partial charge in [0.1, 0.15) is 13.2 Å². The molecule has 0 N–H and O–H groups in total. The first-order valence-electron chi connectivity index (χ1n) is 34.7. The molecule has 6 nitrogen and oxygen atoms in total. The first kappa shape index (κ1) is 78.5. The molecule has 472 valence electrons. The molecule has 0 amide bonds. The van der Waals surface area contributed by atoms with Crippen molar-refractivity contribution in [2.45, 2.75) is 322 Å². The van der Waals surface area contributed by atoms with Crippen molar-refractivity contribution in [1.82, 2.24) is 0 Å².